The Morgan fingerprint density at radius 2 is 1.91 bits per heavy atom. The molecule has 23 heavy (non-hydrogen) atoms. The summed E-state index contributed by atoms with van der Waals surface area (Å²) in [7, 11) is -2.04. The summed E-state index contributed by atoms with van der Waals surface area (Å²) in [4.78, 5) is 12.3. The summed E-state index contributed by atoms with van der Waals surface area (Å²) in [5, 5.41) is 3.05. The number of rotatable bonds is 8. The van der Waals surface area contributed by atoms with Crippen LogP contribution in [0.1, 0.15) is 31.7 Å². The summed E-state index contributed by atoms with van der Waals surface area (Å²) in [6, 6.07) is 6.57. The van der Waals surface area contributed by atoms with E-state index in [0.717, 1.165) is 18.4 Å². The molecule has 1 aliphatic rings. The largest absolute Gasteiger partial charge is 0.349 e. The van der Waals surface area contributed by atoms with Gasteiger partial charge in [0.1, 0.15) is 0 Å². The van der Waals surface area contributed by atoms with Crippen LogP contribution < -0.4 is 15.8 Å². The SMILES string of the molecule is CNS(=O)(=O)c1ccc(CCC(=O)NC(C)(CN)C2CC2)cc1. The number of benzene rings is 1. The van der Waals surface area contributed by atoms with Gasteiger partial charge in [-0.1, -0.05) is 12.1 Å². The second kappa shape index (κ2) is 6.98. The number of hydrogen-bond acceptors (Lipinski definition) is 4. The summed E-state index contributed by atoms with van der Waals surface area (Å²) < 4.78 is 25.6. The molecule has 1 saturated carbocycles. The molecule has 0 saturated heterocycles. The molecule has 1 aliphatic carbocycles. The standard InChI is InChI=1S/C16H25N3O3S/c1-16(11-17,13-6-7-13)19-15(20)10-5-12-3-8-14(9-4-12)23(21,22)18-2/h3-4,8-9,13,18H,5-7,10-11,17H2,1-2H3,(H,19,20). The molecule has 1 aromatic carbocycles. The van der Waals surface area contributed by atoms with Crippen LogP contribution in [0.15, 0.2) is 29.2 Å². The molecule has 6 nitrogen and oxygen atoms in total. The maximum atomic E-state index is 12.1. The highest BCUT2D eigenvalue weighted by Crippen LogP contribution is 2.39. The molecule has 1 fully saturated rings. The van der Waals surface area contributed by atoms with E-state index in [1.807, 2.05) is 6.92 Å². The lowest BCUT2D eigenvalue weighted by Gasteiger charge is -2.29. The number of hydrogen-bond donors (Lipinski definition) is 3. The molecule has 0 aliphatic heterocycles. The van der Waals surface area contributed by atoms with Gasteiger partial charge in [0.15, 0.2) is 0 Å². The quantitative estimate of drug-likeness (QED) is 0.651. The van der Waals surface area contributed by atoms with Crippen molar-refractivity contribution in [2.45, 2.75) is 43.0 Å². The predicted octanol–water partition coefficient (Wildman–Crippen LogP) is 0.771. The number of nitrogens with one attached hydrogen (secondary N) is 2. The van der Waals surface area contributed by atoms with Crippen molar-refractivity contribution < 1.29 is 13.2 Å². The van der Waals surface area contributed by atoms with Crippen LogP contribution >= 0.6 is 0 Å². The summed E-state index contributed by atoms with van der Waals surface area (Å²) >= 11 is 0. The van der Waals surface area contributed by atoms with Gasteiger partial charge in [-0.3, -0.25) is 4.79 Å². The van der Waals surface area contributed by atoms with Crippen molar-refractivity contribution in [1.82, 2.24) is 10.0 Å². The lowest BCUT2D eigenvalue weighted by molar-refractivity contribution is -0.123. The van der Waals surface area contributed by atoms with Gasteiger partial charge in [0, 0.05) is 13.0 Å². The third-order valence-electron chi connectivity index (χ3n) is 4.47. The second-order valence-corrected chi connectivity index (χ2v) is 8.18. The molecule has 1 amide bonds. The van der Waals surface area contributed by atoms with E-state index in [4.69, 9.17) is 5.73 Å². The zero-order valence-electron chi connectivity index (χ0n) is 13.6. The fourth-order valence-electron chi connectivity index (χ4n) is 2.63. The van der Waals surface area contributed by atoms with Crippen LogP contribution in [0.2, 0.25) is 0 Å². The molecule has 7 heteroatoms. The Labute approximate surface area is 137 Å². The Morgan fingerprint density at radius 3 is 2.39 bits per heavy atom. The Morgan fingerprint density at radius 1 is 1.30 bits per heavy atom. The van der Waals surface area contributed by atoms with Crippen LogP contribution in [-0.4, -0.2) is 33.5 Å². The van der Waals surface area contributed by atoms with E-state index in [-0.39, 0.29) is 16.3 Å². The molecule has 0 radical (unpaired) electrons. The highest BCUT2D eigenvalue weighted by atomic mass is 32.2. The number of amides is 1. The predicted molar refractivity (Wildman–Crippen MR) is 89.3 cm³/mol. The van der Waals surface area contributed by atoms with Gasteiger partial charge in [-0.25, -0.2) is 13.1 Å². The average molecular weight is 339 g/mol. The van der Waals surface area contributed by atoms with Gasteiger partial charge in [-0.2, -0.15) is 0 Å². The zero-order chi connectivity index (χ0) is 17.1. The van der Waals surface area contributed by atoms with E-state index in [2.05, 4.69) is 10.0 Å². The highest BCUT2D eigenvalue weighted by Gasteiger charge is 2.41. The second-order valence-electron chi connectivity index (χ2n) is 6.30. The van der Waals surface area contributed by atoms with Gasteiger partial charge in [-0.15, -0.1) is 0 Å². The van der Waals surface area contributed by atoms with E-state index in [0.29, 0.717) is 25.3 Å². The van der Waals surface area contributed by atoms with Crippen molar-refractivity contribution in [3.63, 3.8) is 0 Å². The van der Waals surface area contributed by atoms with E-state index in [9.17, 15) is 13.2 Å². The molecule has 2 rings (SSSR count). The molecule has 128 valence electrons. The van der Waals surface area contributed by atoms with Crippen molar-refractivity contribution in [3.8, 4) is 0 Å². The molecular formula is C16H25N3O3S. The molecule has 0 heterocycles. The van der Waals surface area contributed by atoms with Gasteiger partial charge >= 0.3 is 0 Å². The average Bonchev–Trinajstić information content (AvgIpc) is 3.38. The minimum Gasteiger partial charge on any atom is -0.349 e. The maximum absolute atomic E-state index is 12.1. The Hall–Kier alpha value is -1.44. The van der Waals surface area contributed by atoms with Crippen LogP contribution in [0.5, 0.6) is 0 Å². The van der Waals surface area contributed by atoms with Crippen molar-refractivity contribution >= 4 is 15.9 Å². The number of carbonyl (C=O) groups excluding carboxylic acids is 1. The van der Waals surface area contributed by atoms with Crippen molar-refractivity contribution in [1.29, 1.82) is 0 Å². The number of carbonyl (C=O) groups is 1. The third kappa shape index (κ3) is 4.53. The minimum absolute atomic E-state index is 0.0169. The van der Waals surface area contributed by atoms with Crippen LogP contribution in [0.4, 0.5) is 0 Å². The first kappa shape index (κ1) is 17.9. The molecule has 0 spiro atoms. The monoisotopic (exact) mass is 339 g/mol. The molecule has 0 bridgehead atoms. The number of nitrogens with two attached hydrogens (primary N) is 1. The fourth-order valence-corrected chi connectivity index (χ4v) is 3.36. The van der Waals surface area contributed by atoms with Gasteiger partial charge in [0.25, 0.3) is 0 Å². The smallest absolute Gasteiger partial charge is 0.240 e. The minimum atomic E-state index is -3.42. The van der Waals surface area contributed by atoms with Crippen LogP contribution in [0.25, 0.3) is 0 Å². The molecule has 1 aromatic rings. The van der Waals surface area contributed by atoms with Crippen molar-refractivity contribution in [3.05, 3.63) is 29.8 Å². The van der Waals surface area contributed by atoms with Crippen LogP contribution in [-0.2, 0) is 21.2 Å². The first-order chi connectivity index (χ1) is 10.8. The van der Waals surface area contributed by atoms with E-state index in [1.54, 1.807) is 24.3 Å². The van der Waals surface area contributed by atoms with E-state index in [1.165, 1.54) is 7.05 Å². The van der Waals surface area contributed by atoms with Gasteiger partial charge < -0.3 is 11.1 Å². The zero-order valence-corrected chi connectivity index (χ0v) is 14.4. The number of sulfonamides is 1. The highest BCUT2D eigenvalue weighted by molar-refractivity contribution is 7.89. The molecule has 1 atom stereocenters. The molecule has 0 aromatic heterocycles. The lowest BCUT2D eigenvalue weighted by atomic mass is 9.95. The van der Waals surface area contributed by atoms with Crippen LogP contribution in [0, 0.1) is 5.92 Å². The van der Waals surface area contributed by atoms with E-state index < -0.39 is 10.0 Å². The first-order valence-corrected chi connectivity index (χ1v) is 9.32. The van der Waals surface area contributed by atoms with Crippen molar-refractivity contribution in [2.75, 3.05) is 13.6 Å². The normalized spacial score (nSPS) is 17.5. The van der Waals surface area contributed by atoms with Gasteiger partial charge in [0.2, 0.25) is 15.9 Å². The summed E-state index contributed by atoms with van der Waals surface area (Å²) in [6.07, 6.45) is 3.17. The Balaban J connectivity index is 1.89. The summed E-state index contributed by atoms with van der Waals surface area (Å²) in [6.45, 7) is 2.44. The number of aryl methyl sites for hydroxylation is 1. The summed E-state index contributed by atoms with van der Waals surface area (Å²) in [5.41, 5.74) is 6.42. The first-order valence-electron chi connectivity index (χ1n) is 7.84. The molecule has 1 unspecified atom stereocenters. The van der Waals surface area contributed by atoms with Crippen LogP contribution in [0.3, 0.4) is 0 Å². The molecular weight excluding hydrogens is 314 g/mol. The Bertz CT molecular complexity index is 654. The van der Waals surface area contributed by atoms with Gasteiger partial charge in [0.05, 0.1) is 10.4 Å². The third-order valence-corrected chi connectivity index (χ3v) is 5.90. The van der Waals surface area contributed by atoms with E-state index >= 15 is 0 Å². The van der Waals surface area contributed by atoms with Crippen molar-refractivity contribution in [2.24, 2.45) is 11.7 Å². The topological polar surface area (TPSA) is 101 Å². The lowest BCUT2D eigenvalue weighted by Crippen LogP contribution is -2.53. The molecule has 4 N–H and O–H groups in total. The Kier molecular flexibility index (Phi) is 5.44. The fraction of sp³-hybridized carbons (Fsp3) is 0.562. The summed E-state index contributed by atoms with van der Waals surface area (Å²) in [5.74, 6) is 0.472. The maximum Gasteiger partial charge on any atom is 0.240 e. The van der Waals surface area contributed by atoms with Gasteiger partial charge in [-0.05, 0) is 56.8 Å².